The SMILES string of the molecule is CCOC(=O)[C@@H]1CN(CC2CCCc3ccc(OC)cc32)CC[C@H]1O. The molecule has 1 aliphatic heterocycles. The predicted octanol–water partition coefficient (Wildman–Crippen LogP) is 2.36. The second-order valence-electron chi connectivity index (χ2n) is 7.13. The third-order valence-electron chi connectivity index (χ3n) is 5.52. The van der Waals surface area contributed by atoms with E-state index in [1.165, 1.54) is 17.5 Å². The lowest BCUT2D eigenvalue weighted by molar-refractivity contribution is -0.155. The van der Waals surface area contributed by atoms with Crippen LogP contribution in [-0.2, 0) is 16.0 Å². The Balaban J connectivity index is 1.70. The van der Waals surface area contributed by atoms with Gasteiger partial charge in [0, 0.05) is 19.6 Å². The Bertz CT molecular complexity index is 603. The number of hydrogen-bond donors (Lipinski definition) is 1. The molecule has 3 atom stereocenters. The van der Waals surface area contributed by atoms with Gasteiger partial charge in [0.25, 0.3) is 0 Å². The number of carbonyl (C=O) groups excluding carboxylic acids is 1. The summed E-state index contributed by atoms with van der Waals surface area (Å²) in [5, 5.41) is 10.2. The fraction of sp³-hybridized carbons (Fsp3) is 0.650. The number of likely N-dealkylation sites (tertiary alicyclic amines) is 1. The molecule has 1 heterocycles. The van der Waals surface area contributed by atoms with Crippen molar-refractivity contribution in [1.82, 2.24) is 4.90 Å². The zero-order valence-electron chi connectivity index (χ0n) is 15.2. The van der Waals surface area contributed by atoms with E-state index in [0.29, 0.717) is 25.5 Å². The molecule has 3 rings (SSSR count). The molecule has 0 aromatic heterocycles. The van der Waals surface area contributed by atoms with E-state index in [2.05, 4.69) is 17.0 Å². The number of benzene rings is 1. The minimum Gasteiger partial charge on any atom is -0.497 e. The molecule has 0 spiro atoms. The third-order valence-corrected chi connectivity index (χ3v) is 5.52. The summed E-state index contributed by atoms with van der Waals surface area (Å²) in [7, 11) is 1.70. The van der Waals surface area contributed by atoms with Gasteiger partial charge >= 0.3 is 5.97 Å². The molecule has 0 bridgehead atoms. The second-order valence-corrected chi connectivity index (χ2v) is 7.13. The molecule has 1 saturated heterocycles. The topological polar surface area (TPSA) is 59.0 Å². The van der Waals surface area contributed by atoms with Crippen LogP contribution in [-0.4, -0.2) is 55.4 Å². The smallest absolute Gasteiger partial charge is 0.312 e. The van der Waals surface area contributed by atoms with Crippen LogP contribution in [0.4, 0.5) is 0 Å². The molecular formula is C20H29NO4. The second kappa shape index (κ2) is 8.19. The van der Waals surface area contributed by atoms with E-state index in [4.69, 9.17) is 9.47 Å². The van der Waals surface area contributed by atoms with Crippen LogP contribution in [0.3, 0.4) is 0 Å². The van der Waals surface area contributed by atoms with Crippen molar-refractivity contribution < 1.29 is 19.4 Å². The first-order valence-corrected chi connectivity index (χ1v) is 9.36. The molecule has 0 radical (unpaired) electrons. The van der Waals surface area contributed by atoms with Crippen molar-refractivity contribution in [3.05, 3.63) is 29.3 Å². The van der Waals surface area contributed by atoms with Gasteiger partial charge in [-0.2, -0.15) is 0 Å². The molecule has 0 saturated carbocycles. The highest BCUT2D eigenvalue weighted by Gasteiger charge is 2.35. The van der Waals surface area contributed by atoms with Crippen LogP contribution in [0.1, 0.15) is 43.2 Å². The van der Waals surface area contributed by atoms with Crippen LogP contribution < -0.4 is 4.74 Å². The van der Waals surface area contributed by atoms with Gasteiger partial charge < -0.3 is 19.5 Å². The number of methoxy groups -OCH3 is 1. The first-order chi connectivity index (χ1) is 12.1. The van der Waals surface area contributed by atoms with E-state index < -0.39 is 12.0 Å². The standard InChI is InChI=1S/C20H29NO4/c1-3-25-20(23)18-13-21(10-9-19(18)22)12-15-6-4-5-14-7-8-16(24-2)11-17(14)15/h7-8,11,15,18-19,22H,3-6,9-10,12-13H2,1-2H3/t15?,18-,19-/m1/s1. The summed E-state index contributed by atoms with van der Waals surface area (Å²) >= 11 is 0. The van der Waals surface area contributed by atoms with E-state index in [0.717, 1.165) is 31.7 Å². The highest BCUT2D eigenvalue weighted by Crippen LogP contribution is 2.35. The molecule has 1 aromatic carbocycles. The summed E-state index contributed by atoms with van der Waals surface area (Å²) < 4.78 is 10.5. The van der Waals surface area contributed by atoms with Crippen LogP contribution in [0.25, 0.3) is 0 Å². The first-order valence-electron chi connectivity index (χ1n) is 9.36. The molecule has 1 unspecified atom stereocenters. The number of esters is 1. The monoisotopic (exact) mass is 347 g/mol. The van der Waals surface area contributed by atoms with Gasteiger partial charge in [-0.1, -0.05) is 6.07 Å². The van der Waals surface area contributed by atoms with Crippen molar-refractivity contribution in [2.75, 3.05) is 33.4 Å². The molecule has 0 amide bonds. The molecule has 1 aromatic rings. The van der Waals surface area contributed by atoms with Gasteiger partial charge in [0.1, 0.15) is 5.75 Å². The fourth-order valence-corrected chi connectivity index (χ4v) is 4.16. The average Bonchev–Trinajstić information content (AvgIpc) is 2.63. The fourth-order valence-electron chi connectivity index (χ4n) is 4.16. The molecule has 138 valence electrons. The largest absolute Gasteiger partial charge is 0.497 e. The lowest BCUT2D eigenvalue weighted by Crippen LogP contribution is -2.48. The van der Waals surface area contributed by atoms with Crippen molar-refractivity contribution in [1.29, 1.82) is 0 Å². The van der Waals surface area contributed by atoms with Gasteiger partial charge in [0.2, 0.25) is 0 Å². The van der Waals surface area contributed by atoms with Crippen molar-refractivity contribution in [3.63, 3.8) is 0 Å². The van der Waals surface area contributed by atoms with Gasteiger partial charge in [-0.15, -0.1) is 0 Å². The molecule has 1 fully saturated rings. The predicted molar refractivity (Wildman–Crippen MR) is 95.9 cm³/mol. The Hall–Kier alpha value is -1.59. The van der Waals surface area contributed by atoms with Gasteiger partial charge in [-0.3, -0.25) is 4.79 Å². The van der Waals surface area contributed by atoms with Gasteiger partial charge in [-0.25, -0.2) is 0 Å². The number of nitrogens with zero attached hydrogens (tertiary/aromatic N) is 1. The summed E-state index contributed by atoms with van der Waals surface area (Å²) in [5.41, 5.74) is 2.79. The third kappa shape index (κ3) is 4.15. The van der Waals surface area contributed by atoms with Gasteiger partial charge in [0.15, 0.2) is 0 Å². The zero-order chi connectivity index (χ0) is 17.8. The van der Waals surface area contributed by atoms with Crippen LogP contribution in [0.2, 0.25) is 0 Å². The van der Waals surface area contributed by atoms with Crippen molar-refractivity contribution in [3.8, 4) is 5.75 Å². The zero-order valence-corrected chi connectivity index (χ0v) is 15.2. The maximum absolute atomic E-state index is 12.1. The van der Waals surface area contributed by atoms with Gasteiger partial charge in [-0.05, 0) is 61.8 Å². The van der Waals surface area contributed by atoms with Crippen LogP contribution in [0.5, 0.6) is 5.75 Å². The molecule has 5 heteroatoms. The quantitative estimate of drug-likeness (QED) is 0.829. The maximum atomic E-state index is 12.1. The summed E-state index contributed by atoms with van der Waals surface area (Å²) in [5.74, 6) is 0.661. The Kier molecular flexibility index (Phi) is 5.97. The normalized spacial score (nSPS) is 26.8. The van der Waals surface area contributed by atoms with E-state index in [9.17, 15) is 9.90 Å². The number of piperidine rings is 1. The van der Waals surface area contributed by atoms with Crippen LogP contribution >= 0.6 is 0 Å². The van der Waals surface area contributed by atoms with Crippen molar-refractivity contribution in [2.45, 2.75) is 44.6 Å². The molecule has 5 nitrogen and oxygen atoms in total. The Morgan fingerprint density at radius 3 is 2.96 bits per heavy atom. The molecule has 1 N–H and O–H groups in total. The summed E-state index contributed by atoms with van der Waals surface area (Å²) in [6.07, 6.45) is 3.51. The van der Waals surface area contributed by atoms with E-state index in [-0.39, 0.29) is 5.97 Å². The van der Waals surface area contributed by atoms with Crippen LogP contribution in [0, 0.1) is 5.92 Å². The average molecular weight is 347 g/mol. The van der Waals surface area contributed by atoms with Crippen molar-refractivity contribution >= 4 is 5.97 Å². The van der Waals surface area contributed by atoms with Gasteiger partial charge in [0.05, 0.1) is 25.7 Å². The number of hydrogen-bond acceptors (Lipinski definition) is 5. The highest BCUT2D eigenvalue weighted by atomic mass is 16.5. The number of aliphatic hydroxyl groups excluding tert-OH is 1. The molecule has 1 aliphatic carbocycles. The molecular weight excluding hydrogens is 318 g/mol. The maximum Gasteiger partial charge on any atom is 0.312 e. The van der Waals surface area contributed by atoms with E-state index in [1.54, 1.807) is 14.0 Å². The molecule has 25 heavy (non-hydrogen) atoms. The number of rotatable bonds is 5. The Morgan fingerprint density at radius 2 is 2.20 bits per heavy atom. The highest BCUT2D eigenvalue weighted by molar-refractivity contribution is 5.73. The lowest BCUT2D eigenvalue weighted by atomic mass is 9.81. The first kappa shape index (κ1) is 18.2. The Labute approximate surface area is 149 Å². The molecule has 2 aliphatic rings. The summed E-state index contributed by atoms with van der Waals surface area (Å²) in [6.45, 7) is 4.49. The minimum absolute atomic E-state index is 0.273. The van der Waals surface area contributed by atoms with E-state index in [1.807, 2.05) is 6.07 Å². The number of fused-ring (bicyclic) bond motifs is 1. The minimum atomic E-state index is -0.589. The lowest BCUT2D eigenvalue weighted by Gasteiger charge is -2.38. The number of carbonyl (C=O) groups is 1. The van der Waals surface area contributed by atoms with E-state index >= 15 is 0 Å². The number of aryl methyl sites for hydroxylation is 1. The van der Waals surface area contributed by atoms with Crippen molar-refractivity contribution in [2.24, 2.45) is 5.92 Å². The number of ether oxygens (including phenoxy) is 2. The summed E-state index contributed by atoms with van der Waals surface area (Å²) in [6, 6.07) is 6.39. The summed E-state index contributed by atoms with van der Waals surface area (Å²) in [4.78, 5) is 14.4. The Morgan fingerprint density at radius 1 is 1.36 bits per heavy atom. The van der Waals surface area contributed by atoms with Crippen LogP contribution in [0.15, 0.2) is 18.2 Å². The number of aliphatic hydroxyl groups is 1.